The van der Waals surface area contributed by atoms with E-state index in [2.05, 4.69) is 4.74 Å². The highest BCUT2D eigenvalue weighted by Gasteiger charge is 2.67. The maximum Gasteiger partial charge on any atom is 0.321 e. The highest BCUT2D eigenvalue weighted by Crippen LogP contribution is 2.36. The Hall–Kier alpha value is -1.30. The third-order valence-electron chi connectivity index (χ3n) is 2.74. The number of esters is 1. The van der Waals surface area contributed by atoms with Gasteiger partial charge in [-0.3, -0.25) is 14.9 Å². The van der Waals surface area contributed by atoms with Crippen LogP contribution in [0.3, 0.4) is 0 Å². The standard InChI is InChI=1S/C10H17NO9/c1-4(13)11-10(18)9(17,19-5(2)14)8(16)7(15)6(3-12)20-10/h6-8,12,15-18H,3H2,1-2H3,(H,11,13)/t6-,7+,8+,9-,10+/m1/s1. The minimum Gasteiger partial charge on any atom is -0.422 e. The lowest BCUT2D eigenvalue weighted by Crippen LogP contribution is -2.79. The summed E-state index contributed by atoms with van der Waals surface area (Å²) in [4.78, 5) is 22.1. The Bertz CT molecular complexity index is 402. The van der Waals surface area contributed by atoms with Crippen molar-refractivity contribution in [1.29, 1.82) is 0 Å². The van der Waals surface area contributed by atoms with Gasteiger partial charge in [-0.2, -0.15) is 0 Å². The van der Waals surface area contributed by atoms with Crippen molar-refractivity contribution in [2.75, 3.05) is 6.61 Å². The van der Waals surface area contributed by atoms with Gasteiger partial charge in [0.25, 0.3) is 0 Å². The monoisotopic (exact) mass is 295 g/mol. The maximum atomic E-state index is 11.1. The van der Waals surface area contributed by atoms with Gasteiger partial charge in [0, 0.05) is 13.8 Å². The van der Waals surface area contributed by atoms with Crippen LogP contribution < -0.4 is 5.32 Å². The first-order chi connectivity index (χ1) is 9.07. The number of rotatable bonds is 3. The van der Waals surface area contributed by atoms with E-state index in [0.29, 0.717) is 0 Å². The van der Waals surface area contributed by atoms with Crippen LogP contribution in [-0.2, 0) is 19.1 Å². The van der Waals surface area contributed by atoms with Crippen molar-refractivity contribution in [3.63, 3.8) is 0 Å². The van der Waals surface area contributed by atoms with Gasteiger partial charge in [-0.05, 0) is 0 Å². The molecule has 1 amide bonds. The molecule has 0 radical (unpaired) electrons. The van der Waals surface area contributed by atoms with Gasteiger partial charge in [0.2, 0.25) is 5.91 Å². The zero-order chi connectivity index (χ0) is 15.7. The Kier molecular flexibility index (Phi) is 4.69. The fourth-order valence-corrected chi connectivity index (χ4v) is 1.86. The molecule has 116 valence electrons. The largest absolute Gasteiger partial charge is 0.422 e. The Labute approximate surface area is 113 Å². The van der Waals surface area contributed by atoms with Gasteiger partial charge in [-0.25, -0.2) is 0 Å². The van der Waals surface area contributed by atoms with Crippen molar-refractivity contribution in [2.45, 2.75) is 43.9 Å². The van der Waals surface area contributed by atoms with Crippen LogP contribution >= 0.6 is 0 Å². The molecular weight excluding hydrogens is 278 g/mol. The molecule has 0 bridgehead atoms. The van der Waals surface area contributed by atoms with Crippen LogP contribution in [0.2, 0.25) is 0 Å². The molecule has 0 unspecified atom stereocenters. The Morgan fingerprint density at radius 2 is 1.85 bits per heavy atom. The minimum absolute atomic E-state index is 0.837. The second-order valence-electron chi connectivity index (χ2n) is 4.39. The molecule has 0 saturated carbocycles. The first-order valence-corrected chi connectivity index (χ1v) is 5.65. The molecule has 1 heterocycles. The van der Waals surface area contributed by atoms with Crippen molar-refractivity contribution in [1.82, 2.24) is 5.32 Å². The molecule has 20 heavy (non-hydrogen) atoms. The summed E-state index contributed by atoms with van der Waals surface area (Å²) in [7, 11) is 0. The lowest BCUT2D eigenvalue weighted by molar-refractivity contribution is -0.453. The van der Waals surface area contributed by atoms with Gasteiger partial charge < -0.3 is 35.0 Å². The number of carbonyl (C=O) groups is 2. The van der Waals surface area contributed by atoms with E-state index in [1.54, 1.807) is 5.32 Å². The molecule has 0 aromatic heterocycles. The summed E-state index contributed by atoms with van der Waals surface area (Å²) in [5, 5.41) is 50.5. The maximum absolute atomic E-state index is 11.1. The van der Waals surface area contributed by atoms with Gasteiger partial charge in [0.15, 0.2) is 6.10 Å². The van der Waals surface area contributed by atoms with Gasteiger partial charge in [-0.1, -0.05) is 0 Å². The van der Waals surface area contributed by atoms with Crippen LogP contribution in [0.5, 0.6) is 0 Å². The Balaban J connectivity index is 3.24. The smallest absolute Gasteiger partial charge is 0.321 e. The SMILES string of the molecule is CC(=O)N[C@@]1(O)O[C@H](CO)[C@H](O)[C@H](O)[C@@]1(O)OC(C)=O. The predicted octanol–water partition coefficient (Wildman–Crippen LogP) is -3.87. The molecule has 0 aliphatic carbocycles. The molecule has 10 heteroatoms. The van der Waals surface area contributed by atoms with Crippen LogP contribution in [0.15, 0.2) is 0 Å². The van der Waals surface area contributed by atoms with E-state index >= 15 is 0 Å². The van der Waals surface area contributed by atoms with Crippen LogP contribution in [-0.4, -0.2) is 74.0 Å². The van der Waals surface area contributed by atoms with Crippen LogP contribution in [0.1, 0.15) is 13.8 Å². The van der Waals surface area contributed by atoms with E-state index in [-0.39, 0.29) is 0 Å². The van der Waals surface area contributed by atoms with Gasteiger partial charge in [0.05, 0.1) is 6.61 Å². The number of aliphatic hydroxyl groups excluding tert-OH is 3. The van der Waals surface area contributed by atoms with E-state index in [4.69, 9.17) is 9.84 Å². The fraction of sp³-hybridized carbons (Fsp3) is 0.800. The van der Waals surface area contributed by atoms with Crippen molar-refractivity contribution in [2.24, 2.45) is 0 Å². The summed E-state index contributed by atoms with van der Waals surface area (Å²) < 4.78 is 9.18. The zero-order valence-corrected chi connectivity index (χ0v) is 10.8. The molecule has 0 spiro atoms. The minimum atomic E-state index is -3.16. The first kappa shape index (κ1) is 16.8. The number of nitrogens with one attached hydrogen (secondary N) is 1. The van der Waals surface area contributed by atoms with Gasteiger partial charge in [0.1, 0.15) is 12.2 Å². The van der Waals surface area contributed by atoms with E-state index in [1.165, 1.54) is 0 Å². The van der Waals surface area contributed by atoms with Crippen molar-refractivity contribution in [3.8, 4) is 0 Å². The topological polar surface area (TPSA) is 166 Å². The third-order valence-corrected chi connectivity index (χ3v) is 2.74. The number of hydrogen-bond acceptors (Lipinski definition) is 9. The number of carbonyl (C=O) groups excluding carboxylic acids is 2. The number of hydrogen-bond donors (Lipinski definition) is 6. The summed E-state index contributed by atoms with van der Waals surface area (Å²) in [6.07, 6.45) is -5.65. The molecular formula is C10H17NO9. The van der Waals surface area contributed by atoms with Gasteiger partial charge in [-0.15, -0.1) is 0 Å². The van der Waals surface area contributed by atoms with Gasteiger partial charge >= 0.3 is 17.7 Å². The normalized spacial score (nSPS) is 41.0. The van der Waals surface area contributed by atoms with Crippen LogP contribution in [0.25, 0.3) is 0 Å². The van der Waals surface area contributed by atoms with E-state index < -0.39 is 48.5 Å². The van der Waals surface area contributed by atoms with Crippen molar-refractivity contribution >= 4 is 11.9 Å². The zero-order valence-electron chi connectivity index (χ0n) is 10.8. The summed E-state index contributed by atoms with van der Waals surface area (Å²) in [5.74, 6) is -8.21. The Morgan fingerprint density at radius 3 is 2.25 bits per heavy atom. The molecule has 0 aromatic rings. The second kappa shape index (κ2) is 5.60. The molecule has 6 N–H and O–H groups in total. The average Bonchev–Trinajstić information content (AvgIpc) is 2.30. The van der Waals surface area contributed by atoms with E-state index in [9.17, 15) is 30.0 Å². The lowest BCUT2D eigenvalue weighted by atomic mass is 9.92. The van der Waals surface area contributed by atoms with E-state index in [1.807, 2.05) is 0 Å². The summed E-state index contributed by atoms with van der Waals surface area (Å²) >= 11 is 0. The van der Waals surface area contributed by atoms with Crippen LogP contribution in [0, 0.1) is 0 Å². The molecule has 1 saturated heterocycles. The molecule has 0 aromatic carbocycles. The molecule has 1 aliphatic heterocycles. The number of amides is 1. The number of ether oxygens (including phenoxy) is 2. The van der Waals surface area contributed by atoms with Crippen molar-refractivity contribution < 1.29 is 44.6 Å². The molecule has 10 nitrogen and oxygen atoms in total. The first-order valence-electron chi connectivity index (χ1n) is 5.65. The quantitative estimate of drug-likeness (QED) is 0.225. The van der Waals surface area contributed by atoms with E-state index in [0.717, 1.165) is 13.8 Å². The molecule has 1 rings (SSSR count). The highest BCUT2D eigenvalue weighted by molar-refractivity contribution is 5.73. The summed E-state index contributed by atoms with van der Waals surface area (Å²) in [6, 6.07) is 0. The molecule has 1 fully saturated rings. The predicted molar refractivity (Wildman–Crippen MR) is 59.5 cm³/mol. The summed E-state index contributed by atoms with van der Waals surface area (Å²) in [5.41, 5.74) is 0. The Morgan fingerprint density at radius 1 is 1.30 bits per heavy atom. The molecule has 1 aliphatic rings. The average molecular weight is 295 g/mol. The lowest BCUT2D eigenvalue weighted by Gasteiger charge is -2.50. The third kappa shape index (κ3) is 2.75. The summed E-state index contributed by atoms with van der Waals surface area (Å²) in [6.45, 7) is 0.987. The highest BCUT2D eigenvalue weighted by atomic mass is 16.8. The van der Waals surface area contributed by atoms with Crippen molar-refractivity contribution in [3.05, 3.63) is 0 Å². The molecule has 5 atom stereocenters. The fourth-order valence-electron chi connectivity index (χ4n) is 1.86. The van der Waals surface area contributed by atoms with Crippen LogP contribution in [0.4, 0.5) is 0 Å². The second-order valence-corrected chi connectivity index (χ2v) is 4.39. The number of aliphatic hydroxyl groups is 5.